The highest BCUT2D eigenvalue weighted by molar-refractivity contribution is 5.98. The second-order valence-corrected chi connectivity index (χ2v) is 6.09. The lowest BCUT2D eigenvalue weighted by molar-refractivity contribution is -0.384. The van der Waals surface area contributed by atoms with Crippen LogP contribution in [0.15, 0.2) is 42.5 Å². The van der Waals surface area contributed by atoms with Crippen molar-refractivity contribution in [1.29, 1.82) is 0 Å². The van der Waals surface area contributed by atoms with Gasteiger partial charge in [0.2, 0.25) is 0 Å². The van der Waals surface area contributed by atoms with Crippen LogP contribution in [0.1, 0.15) is 17.3 Å². The molecule has 0 fully saturated rings. The van der Waals surface area contributed by atoms with Crippen LogP contribution in [0.25, 0.3) is 0 Å². The number of methoxy groups -OCH3 is 1. The smallest absolute Gasteiger partial charge is 0.339 e. The van der Waals surface area contributed by atoms with Gasteiger partial charge in [0.15, 0.2) is 6.10 Å². The van der Waals surface area contributed by atoms with Crippen LogP contribution in [0.3, 0.4) is 0 Å². The lowest BCUT2D eigenvalue weighted by atomic mass is 10.1. The molecule has 0 bridgehead atoms. The fourth-order valence-electron chi connectivity index (χ4n) is 2.44. The van der Waals surface area contributed by atoms with Gasteiger partial charge in [-0.2, -0.15) is 0 Å². The zero-order valence-electron chi connectivity index (χ0n) is 16.0. The SMILES string of the molecule is COc1ccccc1NC(=O)[C@@H](C)OC(=O)c1ccc(N(C)C)c([N+](=O)[O-])c1. The minimum Gasteiger partial charge on any atom is -0.495 e. The van der Waals surface area contributed by atoms with Crippen molar-refractivity contribution in [3.8, 4) is 5.75 Å². The summed E-state index contributed by atoms with van der Waals surface area (Å²) in [4.78, 5) is 36.9. The van der Waals surface area contributed by atoms with Crippen molar-refractivity contribution in [3.63, 3.8) is 0 Å². The van der Waals surface area contributed by atoms with Crippen LogP contribution in [-0.2, 0) is 9.53 Å². The minimum atomic E-state index is -1.12. The monoisotopic (exact) mass is 387 g/mol. The van der Waals surface area contributed by atoms with Gasteiger partial charge in [-0.05, 0) is 31.2 Å². The molecular formula is C19H21N3O6. The second kappa shape index (κ2) is 8.85. The third kappa shape index (κ3) is 4.76. The predicted molar refractivity (Wildman–Crippen MR) is 104 cm³/mol. The van der Waals surface area contributed by atoms with Gasteiger partial charge in [0.1, 0.15) is 11.4 Å². The second-order valence-electron chi connectivity index (χ2n) is 6.09. The highest BCUT2D eigenvalue weighted by Gasteiger charge is 2.23. The van der Waals surface area contributed by atoms with Gasteiger partial charge >= 0.3 is 5.97 Å². The summed E-state index contributed by atoms with van der Waals surface area (Å²) in [5.41, 5.74) is 0.534. The number of benzene rings is 2. The number of nitro groups is 1. The summed E-state index contributed by atoms with van der Waals surface area (Å²) in [5.74, 6) is -0.933. The normalized spacial score (nSPS) is 11.3. The van der Waals surface area contributed by atoms with Crippen molar-refractivity contribution >= 4 is 28.9 Å². The Balaban J connectivity index is 2.12. The van der Waals surface area contributed by atoms with Crippen molar-refractivity contribution < 1.29 is 24.0 Å². The fraction of sp³-hybridized carbons (Fsp3) is 0.263. The number of esters is 1. The molecule has 9 nitrogen and oxygen atoms in total. The summed E-state index contributed by atoms with van der Waals surface area (Å²) in [6.07, 6.45) is -1.12. The number of nitrogens with one attached hydrogen (secondary N) is 1. The third-order valence-corrected chi connectivity index (χ3v) is 3.91. The maximum Gasteiger partial charge on any atom is 0.339 e. The zero-order chi connectivity index (χ0) is 20.8. The van der Waals surface area contributed by atoms with Crippen LogP contribution in [-0.4, -0.2) is 44.1 Å². The molecule has 1 N–H and O–H groups in total. The van der Waals surface area contributed by atoms with Gasteiger partial charge in [-0.3, -0.25) is 14.9 Å². The van der Waals surface area contributed by atoms with E-state index in [4.69, 9.17) is 9.47 Å². The maximum absolute atomic E-state index is 12.3. The Hall–Kier alpha value is -3.62. The Morgan fingerprint density at radius 2 is 1.86 bits per heavy atom. The minimum absolute atomic E-state index is 0.0192. The van der Waals surface area contributed by atoms with Crippen LogP contribution >= 0.6 is 0 Å². The average molecular weight is 387 g/mol. The summed E-state index contributed by atoms with van der Waals surface area (Å²) in [7, 11) is 4.79. The van der Waals surface area contributed by atoms with Gasteiger partial charge in [-0.1, -0.05) is 12.1 Å². The lowest BCUT2D eigenvalue weighted by Gasteiger charge is -2.16. The molecule has 0 aliphatic rings. The van der Waals surface area contributed by atoms with Crippen LogP contribution in [0.2, 0.25) is 0 Å². The Morgan fingerprint density at radius 1 is 1.18 bits per heavy atom. The van der Waals surface area contributed by atoms with Gasteiger partial charge in [-0.15, -0.1) is 0 Å². The maximum atomic E-state index is 12.3. The summed E-state index contributed by atoms with van der Waals surface area (Å²) in [5, 5.41) is 13.9. The number of amides is 1. The first-order chi connectivity index (χ1) is 13.2. The first kappa shape index (κ1) is 20.7. The fourth-order valence-corrected chi connectivity index (χ4v) is 2.44. The van der Waals surface area contributed by atoms with E-state index in [0.29, 0.717) is 17.1 Å². The summed E-state index contributed by atoms with van der Waals surface area (Å²) < 4.78 is 10.3. The molecule has 0 radical (unpaired) electrons. The average Bonchev–Trinajstić information content (AvgIpc) is 2.67. The van der Waals surface area contributed by atoms with Crippen molar-refractivity contribution in [3.05, 3.63) is 58.1 Å². The quantitative estimate of drug-likeness (QED) is 0.442. The van der Waals surface area contributed by atoms with Gasteiger partial charge in [0, 0.05) is 20.2 Å². The Labute approximate surface area is 162 Å². The number of anilines is 2. The first-order valence-electron chi connectivity index (χ1n) is 8.35. The molecule has 0 saturated heterocycles. The van der Waals surface area contributed by atoms with Crippen LogP contribution in [0.5, 0.6) is 5.75 Å². The molecule has 1 atom stereocenters. The molecule has 9 heteroatoms. The number of hydrogen-bond acceptors (Lipinski definition) is 7. The summed E-state index contributed by atoms with van der Waals surface area (Å²) >= 11 is 0. The van der Waals surface area contributed by atoms with E-state index in [1.807, 2.05) is 0 Å². The van der Waals surface area contributed by atoms with E-state index in [1.165, 1.54) is 26.2 Å². The number of ether oxygens (including phenoxy) is 2. The van der Waals surface area contributed by atoms with E-state index in [1.54, 1.807) is 43.3 Å². The molecule has 148 valence electrons. The van der Waals surface area contributed by atoms with Gasteiger partial charge in [0.05, 0.1) is 23.3 Å². The topological polar surface area (TPSA) is 111 Å². The summed E-state index contributed by atoms with van der Waals surface area (Å²) in [6, 6.07) is 10.8. The molecule has 28 heavy (non-hydrogen) atoms. The van der Waals surface area contributed by atoms with E-state index < -0.39 is 22.9 Å². The van der Waals surface area contributed by atoms with Gasteiger partial charge in [0.25, 0.3) is 11.6 Å². The number of nitro benzene ring substituents is 1. The predicted octanol–water partition coefficient (Wildman–Crippen LogP) is 2.85. The number of para-hydroxylation sites is 2. The zero-order valence-corrected chi connectivity index (χ0v) is 16.0. The van der Waals surface area contributed by atoms with Crippen LogP contribution < -0.4 is 15.0 Å². The number of carbonyl (C=O) groups excluding carboxylic acids is 2. The van der Waals surface area contributed by atoms with Crippen LogP contribution in [0, 0.1) is 10.1 Å². The highest BCUT2D eigenvalue weighted by Crippen LogP contribution is 2.28. The van der Waals surface area contributed by atoms with Crippen molar-refractivity contribution in [2.45, 2.75) is 13.0 Å². The number of nitrogens with zero attached hydrogens (tertiary/aromatic N) is 2. The van der Waals surface area contributed by atoms with E-state index in [9.17, 15) is 19.7 Å². The Kier molecular flexibility index (Phi) is 6.54. The number of rotatable bonds is 7. The van der Waals surface area contributed by atoms with E-state index in [-0.39, 0.29) is 11.3 Å². The van der Waals surface area contributed by atoms with E-state index in [0.717, 1.165) is 6.07 Å². The van der Waals surface area contributed by atoms with Crippen molar-refractivity contribution in [1.82, 2.24) is 0 Å². The molecule has 0 aliphatic heterocycles. The summed E-state index contributed by atoms with van der Waals surface area (Å²) in [6.45, 7) is 1.41. The van der Waals surface area contributed by atoms with Gasteiger partial charge in [-0.25, -0.2) is 4.79 Å². The molecule has 0 unspecified atom stereocenters. The van der Waals surface area contributed by atoms with Crippen molar-refractivity contribution in [2.24, 2.45) is 0 Å². The first-order valence-corrected chi connectivity index (χ1v) is 8.35. The Bertz CT molecular complexity index is 897. The molecule has 2 rings (SSSR count). The van der Waals surface area contributed by atoms with Crippen LogP contribution in [0.4, 0.5) is 17.1 Å². The molecule has 0 aromatic heterocycles. The molecule has 2 aromatic rings. The molecule has 0 spiro atoms. The standard InChI is InChI=1S/C19H21N3O6/c1-12(18(23)20-14-7-5-6-8-17(14)27-4)28-19(24)13-9-10-15(21(2)3)16(11-13)22(25)26/h5-12H,1-4H3,(H,20,23)/t12-/m1/s1. The van der Waals surface area contributed by atoms with E-state index >= 15 is 0 Å². The largest absolute Gasteiger partial charge is 0.495 e. The third-order valence-electron chi connectivity index (χ3n) is 3.91. The molecule has 1 amide bonds. The molecular weight excluding hydrogens is 366 g/mol. The highest BCUT2D eigenvalue weighted by atomic mass is 16.6. The van der Waals surface area contributed by atoms with E-state index in [2.05, 4.69) is 5.32 Å². The number of hydrogen-bond donors (Lipinski definition) is 1. The molecule has 2 aromatic carbocycles. The molecule has 0 saturated carbocycles. The lowest BCUT2D eigenvalue weighted by Crippen LogP contribution is -2.30. The number of carbonyl (C=O) groups is 2. The Morgan fingerprint density at radius 3 is 2.46 bits per heavy atom. The van der Waals surface area contributed by atoms with Gasteiger partial charge < -0.3 is 19.7 Å². The molecule has 0 aliphatic carbocycles. The van der Waals surface area contributed by atoms with Crippen molar-refractivity contribution in [2.75, 3.05) is 31.4 Å². The molecule has 0 heterocycles.